The lowest BCUT2D eigenvalue weighted by molar-refractivity contribution is 0.104. The van der Waals surface area contributed by atoms with Crippen molar-refractivity contribution >= 4 is 56.0 Å². The number of halogens is 2. The van der Waals surface area contributed by atoms with Crippen molar-refractivity contribution in [1.82, 2.24) is 0 Å². The molecule has 0 aliphatic rings. The first-order chi connectivity index (χ1) is 6.66. The number of hydrogen-bond acceptors (Lipinski definition) is 3. The molecule has 72 valence electrons. The summed E-state index contributed by atoms with van der Waals surface area (Å²) in [6, 6.07) is 7.17. The Morgan fingerprint density at radius 3 is 2.29 bits per heavy atom. The van der Waals surface area contributed by atoms with Crippen molar-refractivity contribution in [3.05, 3.63) is 42.1 Å². The number of carbonyl (C=O) groups excluding carboxylic acids is 1. The first kappa shape index (κ1) is 10.4. The van der Waals surface area contributed by atoms with E-state index in [0.29, 0.717) is 9.21 Å². The summed E-state index contributed by atoms with van der Waals surface area (Å²) in [4.78, 5) is 13.2. The van der Waals surface area contributed by atoms with Crippen LogP contribution >= 0.6 is 50.2 Å². The molecule has 2 rings (SSSR count). The summed E-state index contributed by atoms with van der Waals surface area (Å²) in [6.45, 7) is 0. The van der Waals surface area contributed by atoms with Crippen molar-refractivity contribution in [2.24, 2.45) is 0 Å². The molecule has 5 heteroatoms. The summed E-state index contributed by atoms with van der Waals surface area (Å²) in [5.41, 5.74) is 0. The van der Waals surface area contributed by atoms with Crippen molar-refractivity contribution < 1.29 is 4.79 Å². The molecule has 0 aliphatic carbocycles. The quantitative estimate of drug-likeness (QED) is 0.749. The minimum Gasteiger partial charge on any atom is -0.287 e. The molecule has 2 heterocycles. The van der Waals surface area contributed by atoms with Gasteiger partial charge in [0.15, 0.2) is 0 Å². The second kappa shape index (κ2) is 4.14. The van der Waals surface area contributed by atoms with Crippen molar-refractivity contribution in [2.75, 3.05) is 0 Å². The summed E-state index contributed by atoms with van der Waals surface area (Å²) in [5.74, 6) is 0.0394. The van der Waals surface area contributed by atoms with E-state index in [1.807, 2.05) is 12.1 Å². The Bertz CT molecular complexity index is 432. The summed E-state index contributed by atoms with van der Waals surface area (Å²) in [5, 5.41) is 0. The van der Waals surface area contributed by atoms with Crippen LogP contribution in [0.2, 0.25) is 4.34 Å². The Hall–Kier alpha value is -0.160. The predicted octanol–water partition coefficient (Wildman–Crippen LogP) is 4.46. The second-order valence-corrected chi connectivity index (χ2v) is 6.71. The molecule has 0 aromatic carbocycles. The largest absolute Gasteiger partial charge is 0.287 e. The molecular weight excluding hydrogens is 304 g/mol. The van der Waals surface area contributed by atoms with Crippen LogP contribution in [-0.4, -0.2) is 5.78 Å². The molecule has 1 nitrogen and oxygen atoms in total. The fraction of sp³-hybridized carbons (Fsp3) is 0. The zero-order valence-electron chi connectivity index (χ0n) is 6.79. The number of ketones is 1. The van der Waals surface area contributed by atoms with Gasteiger partial charge in [-0.3, -0.25) is 4.79 Å². The monoisotopic (exact) mass is 306 g/mol. The molecule has 0 amide bonds. The second-order valence-electron chi connectivity index (χ2n) is 2.54. The van der Waals surface area contributed by atoms with E-state index in [4.69, 9.17) is 11.6 Å². The van der Waals surface area contributed by atoms with Crippen LogP contribution in [0.4, 0.5) is 0 Å². The molecule has 0 saturated carbocycles. The normalized spacial score (nSPS) is 10.4. The zero-order valence-corrected chi connectivity index (χ0v) is 10.8. The van der Waals surface area contributed by atoms with Gasteiger partial charge in [0.25, 0.3) is 0 Å². The van der Waals surface area contributed by atoms with Gasteiger partial charge in [-0.2, -0.15) is 0 Å². The Kier molecular flexibility index (Phi) is 3.07. The van der Waals surface area contributed by atoms with Gasteiger partial charge in [0.05, 0.1) is 17.9 Å². The summed E-state index contributed by atoms with van der Waals surface area (Å²) >= 11 is 11.8. The third kappa shape index (κ3) is 2.08. The number of carbonyl (C=O) groups is 1. The molecule has 0 aliphatic heterocycles. The molecule has 2 aromatic heterocycles. The van der Waals surface area contributed by atoms with Crippen LogP contribution in [0.5, 0.6) is 0 Å². The fourth-order valence-corrected chi connectivity index (χ4v) is 3.40. The summed E-state index contributed by atoms with van der Waals surface area (Å²) in [6.07, 6.45) is 0. The van der Waals surface area contributed by atoms with Gasteiger partial charge in [0, 0.05) is 0 Å². The van der Waals surface area contributed by atoms with Crippen molar-refractivity contribution in [2.45, 2.75) is 0 Å². The van der Waals surface area contributed by atoms with Gasteiger partial charge in [-0.05, 0) is 40.2 Å². The maximum atomic E-state index is 11.8. The first-order valence-corrected chi connectivity index (χ1v) is 6.52. The van der Waals surface area contributed by atoms with E-state index < -0.39 is 0 Å². The Balaban J connectivity index is 2.33. The zero-order chi connectivity index (χ0) is 10.1. The molecule has 0 radical (unpaired) electrons. The van der Waals surface area contributed by atoms with Crippen LogP contribution in [0.15, 0.2) is 28.1 Å². The van der Waals surface area contributed by atoms with E-state index in [-0.39, 0.29) is 5.78 Å². The first-order valence-electron chi connectivity index (χ1n) is 3.72. The van der Waals surface area contributed by atoms with Crippen LogP contribution in [0, 0.1) is 0 Å². The van der Waals surface area contributed by atoms with E-state index in [1.165, 1.54) is 22.7 Å². The fourth-order valence-electron chi connectivity index (χ4n) is 0.994. The average Bonchev–Trinajstić information content (AvgIpc) is 2.73. The van der Waals surface area contributed by atoms with E-state index in [0.717, 1.165) is 8.66 Å². The topological polar surface area (TPSA) is 17.1 Å². The van der Waals surface area contributed by atoms with Crippen LogP contribution in [-0.2, 0) is 0 Å². The lowest BCUT2D eigenvalue weighted by atomic mass is 10.3. The molecule has 0 fully saturated rings. The van der Waals surface area contributed by atoms with Gasteiger partial charge in [-0.25, -0.2) is 0 Å². The molecule has 0 N–H and O–H groups in total. The number of hydrogen-bond donors (Lipinski definition) is 0. The molecule has 0 unspecified atom stereocenters. The molecular formula is C9H4BrClOS2. The van der Waals surface area contributed by atoms with Crippen LogP contribution in [0.3, 0.4) is 0 Å². The molecule has 0 spiro atoms. The SMILES string of the molecule is O=C(c1ccc(Cl)s1)c1ccc(Br)s1. The van der Waals surface area contributed by atoms with Crippen molar-refractivity contribution in [3.8, 4) is 0 Å². The lowest BCUT2D eigenvalue weighted by Crippen LogP contribution is -1.93. The standard InChI is InChI=1S/C9H4BrClOS2/c10-7-3-1-5(13-7)9(12)6-2-4-8(11)14-6/h1-4H. The van der Waals surface area contributed by atoms with Crippen molar-refractivity contribution in [3.63, 3.8) is 0 Å². The van der Waals surface area contributed by atoms with Gasteiger partial charge < -0.3 is 0 Å². The van der Waals surface area contributed by atoms with Gasteiger partial charge in [0.2, 0.25) is 5.78 Å². The third-order valence-electron chi connectivity index (χ3n) is 1.59. The third-order valence-corrected chi connectivity index (χ3v) is 4.45. The Morgan fingerprint density at radius 2 is 1.79 bits per heavy atom. The summed E-state index contributed by atoms with van der Waals surface area (Å²) in [7, 11) is 0. The van der Waals surface area contributed by atoms with Crippen LogP contribution in [0.25, 0.3) is 0 Å². The van der Waals surface area contributed by atoms with Crippen LogP contribution in [0.1, 0.15) is 14.5 Å². The molecule has 0 saturated heterocycles. The van der Waals surface area contributed by atoms with E-state index in [2.05, 4.69) is 15.9 Å². The summed E-state index contributed by atoms with van der Waals surface area (Å²) < 4.78 is 1.60. The lowest BCUT2D eigenvalue weighted by Gasteiger charge is -1.90. The van der Waals surface area contributed by atoms with Gasteiger partial charge in [0.1, 0.15) is 0 Å². The maximum Gasteiger partial charge on any atom is 0.212 e. The van der Waals surface area contributed by atoms with Gasteiger partial charge >= 0.3 is 0 Å². The van der Waals surface area contributed by atoms with E-state index in [9.17, 15) is 4.79 Å². The minimum atomic E-state index is 0.0394. The molecule has 0 atom stereocenters. The molecule has 14 heavy (non-hydrogen) atoms. The van der Waals surface area contributed by atoms with E-state index in [1.54, 1.807) is 12.1 Å². The number of rotatable bonds is 2. The van der Waals surface area contributed by atoms with Gasteiger partial charge in [-0.15, -0.1) is 22.7 Å². The maximum absolute atomic E-state index is 11.8. The Morgan fingerprint density at radius 1 is 1.14 bits per heavy atom. The highest BCUT2D eigenvalue weighted by Crippen LogP contribution is 2.28. The highest BCUT2D eigenvalue weighted by atomic mass is 79.9. The Labute approximate surface area is 102 Å². The predicted molar refractivity (Wildman–Crippen MR) is 64.8 cm³/mol. The highest BCUT2D eigenvalue weighted by Gasteiger charge is 2.13. The minimum absolute atomic E-state index is 0.0394. The van der Waals surface area contributed by atoms with Crippen molar-refractivity contribution in [1.29, 1.82) is 0 Å². The van der Waals surface area contributed by atoms with Gasteiger partial charge in [-0.1, -0.05) is 11.6 Å². The van der Waals surface area contributed by atoms with Crippen LogP contribution < -0.4 is 0 Å². The smallest absolute Gasteiger partial charge is 0.212 e. The molecule has 2 aromatic rings. The van der Waals surface area contributed by atoms with E-state index >= 15 is 0 Å². The average molecular weight is 308 g/mol. The highest BCUT2D eigenvalue weighted by molar-refractivity contribution is 9.11. The molecule has 0 bridgehead atoms. The number of thiophene rings is 2.